The summed E-state index contributed by atoms with van der Waals surface area (Å²) in [7, 11) is 0. The van der Waals surface area contributed by atoms with Crippen molar-refractivity contribution in [3.63, 3.8) is 0 Å². The smallest absolute Gasteiger partial charge is 0.229 e. The van der Waals surface area contributed by atoms with Crippen LogP contribution in [-0.2, 0) is 9.59 Å². The largest absolute Gasteiger partial charge is 0.296 e. The maximum Gasteiger partial charge on any atom is 0.229 e. The van der Waals surface area contributed by atoms with Crippen LogP contribution >= 0.6 is 11.8 Å². The molecule has 1 amide bonds. The average Bonchev–Trinajstić information content (AvgIpc) is 2.69. The van der Waals surface area contributed by atoms with Gasteiger partial charge in [-0.05, 0) is 12.1 Å². The molecular weight excluding hydrogens is 250 g/mol. The third-order valence-electron chi connectivity index (χ3n) is 2.57. The Bertz CT molecular complexity index is 538. The predicted molar refractivity (Wildman–Crippen MR) is 68.0 cm³/mol. The molecule has 92 valence electrons. The molecule has 0 saturated carbocycles. The van der Waals surface area contributed by atoms with E-state index in [2.05, 4.69) is 4.98 Å². The zero-order chi connectivity index (χ0) is 13.1. The van der Waals surface area contributed by atoms with E-state index in [-0.39, 0.29) is 16.3 Å². The fraction of sp³-hybridized carbons (Fsp3) is 0.333. The molecule has 1 aromatic heterocycles. The molecule has 0 radical (unpaired) electrons. The van der Waals surface area contributed by atoms with E-state index in [0.717, 1.165) is 0 Å². The molecule has 0 N–H and O–H groups in total. The first kappa shape index (κ1) is 12.6. The van der Waals surface area contributed by atoms with Crippen LogP contribution in [0.1, 0.15) is 18.9 Å². The summed E-state index contributed by atoms with van der Waals surface area (Å²) in [6, 6.07) is 5.18. The number of rotatable bonds is 2. The monoisotopic (exact) mass is 261 g/mol. The Labute approximate surface area is 109 Å². The molecule has 1 aliphatic heterocycles. The van der Waals surface area contributed by atoms with Crippen LogP contribution in [0.4, 0.5) is 5.82 Å². The molecule has 6 heteroatoms. The van der Waals surface area contributed by atoms with Crippen molar-refractivity contribution in [1.82, 2.24) is 4.98 Å². The van der Waals surface area contributed by atoms with Crippen molar-refractivity contribution in [3.05, 3.63) is 23.9 Å². The number of nitriles is 1. The van der Waals surface area contributed by atoms with Crippen molar-refractivity contribution < 1.29 is 9.59 Å². The van der Waals surface area contributed by atoms with Gasteiger partial charge in [-0.15, -0.1) is 0 Å². The van der Waals surface area contributed by atoms with Crippen LogP contribution in [0.2, 0.25) is 0 Å². The van der Waals surface area contributed by atoms with Gasteiger partial charge < -0.3 is 0 Å². The first-order valence-corrected chi connectivity index (χ1v) is 6.32. The van der Waals surface area contributed by atoms with Crippen molar-refractivity contribution in [3.8, 4) is 6.07 Å². The topological polar surface area (TPSA) is 74.1 Å². The van der Waals surface area contributed by atoms with Crippen molar-refractivity contribution in [2.45, 2.75) is 18.6 Å². The van der Waals surface area contributed by atoms with Crippen LogP contribution in [0.5, 0.6) is 0 Å². The molecule has 5 nitrogen and oxygen atoms in total. The molecule has 0 spiro atoms. The Morgan fingerprint density at radius 2 is 2.44 bits per heavy atom. The summed E-state index contributed by atoms with van der Waals surface area (Å²) in [6.45, 7) is 1.96. The Morgan fingerprint density at radius 1 is 1.67 bits per heavy atom. The highest BCUT2D eigenvalue weighted by Crippen LogP contribution is 2.27. The van der Waals surface area contributed by atoms with Gasteiger partial charge in [-0.2, -0.15) is 5.26 Å². The molecule has 1 aliphatic rings. The molecule has 1 fully saturated rings. The third kappa shape index (κ3) is 2.68. The number of pyridine rings is 1. The molecule has 0 bridgehead atoms. The van der Waals surface area contributed by atoms with E-state index in [9.17, 15) is 9.59 Å². The molecule has 2 rings (SSSR count). The van der Waals surface area contributed by atoms with E-state index >= 15 is 0 Å². The number of aromatic nitrogens is 1. The molecule has 1 atom stereocenters. The average molecular weight is 261 g/mol. The van der Waals surface area contributed by atoms with Gasteiger partial charge >= 0.3 is 0 Å². The van der Waals surface area contributed by atoms with E-state index < -0.39 is 0 Å². The van der Waals surface area contributed by atoms with Crippen LogP contribution in [0.3, 0.4) is 0 Å². The standard InChI is InChI=1S/C12H11N3O2S/c1-8(16)18-10-5-12(17)15(7-10)11-4-9(6-13)2-3-14-11/h2-4,10H,5,7H2,1H3. The van der Waals surface area contributed by atoms with E-state index in [1.165, 1.54) is 29.8 Å². The van der Waals surface area contributed by atoms with Crippen molar-refractivity contribution in [2.75, 3.05) is 11.4 Å². The fourth-order valence-corrected chi connectivity index (χ4v) is 2.76. The van der Waals surface area contributed by atoms with Crippen LogP contribution < -0.4 is 4.90 Å². The number of hydrogen-bond acceptors (Lipinski definition) is 5. The lowest BCUT2D eigenvalue weighted by atomic mass is 10.3. The number of carbonyl (C=O) groups is 2. The van der Waals surface area contributed by atoms with Crippen LogP contribution in [0.25, 0.3) is 0 Å². The van der Waals surface area contributed by atoms with Gasteiger partial charge in [-0.25, -0.2) is 4.98 Å². The third-order valence-corrected chi connectivity index (χ3v) is 3.55. The SMILES string of the molecule is CC(=O)SC1CC(=O)N(c2cc(C#N)ccn2)C1. The van der Waals surface area contributed by atoms with Crippen LogP contribution in [0.15, 0.2) is 18.3 Å². The Balaban J connectivity index is 2.16. The van der Waals surface area contributed by atoms with Crippen molar-refractivity contribution in [1.29, 1.82) is 5.26 Å². The Kier molecular flexibility index (Phi) is 3.63. The zero-order valence-corrected chi connectivity index (χ0v) is 10.6. The minimum atomic E-state index is -0.0589. The lowest BCUT2D eigenvalue weighted by molar-refractivity contribution is -0.117. The van der Waals surface area contributed by atoms with E-state index in [4.69, 9.17) is 5.26 Å². The summed E-state index contributed by atoms with van der Waals surface area (Å²) in [6.07, 6.45) is 1.84. The van der Waals surface area contributed by atoms with E-state index in [1.54, 1.807) is 12.1 Å². The van der Waals surface area contributed by atoms with E-state index in [0.29, 0.717) is 24.3 Å². The second-order valence-corrected chi connectivity index (χ2v) is 5.43. The van der Waals surface area contributed by atoms with Gasteiger partial charge in [0, 0.05) is 31.3 Å². The summed E-state index contributed by atoms with van der Waals surface area (Å²) >= 11 is 1.18. The highest BCUT2D eigenvalue weighted by atomic mass is 32.2. The minimum absolute atomic E-state index is 0.00776. The van der Waals surface area contributed by atoms with Crippen molar-refractivity contribution >= 4 is 28.6 Å². The second-order valence-electron chi connectivity index (χ2n) is 3.95. The number of carbonyl (C=O) groups excluding carboxylic acids is 2. The summed E-state index contributed by atoms with van der Waals surface area (Å²) in [5, 5.41) is 8.79. The highest BCUT2D eigenvalue weighted by molar-refractivity contribution is 8.14. The summed E-state index contributed by atoms with van der Waals surface area (Å²) in [5.74, 6) is 0.419. The fourth-order valence-electron chi connectivity index (χ4n) is 1.85. The molecule has 1 saturated heterocycles. The summed E-state index contributed by atoms with van der Waals surface area (Å²) in [4.78, 5) is 28.5. The quantitative estimate of drug-likeness (QED) is 0.803. The Morgan fingerprint density at radius 3 is 3.11 bits per heavy atom. The number of anilines is 1. The van der Waals surface area contributed by atoms with Crippen molar-refractivity contribution in [2.24, 2.45) is 0 Å². The maximum atomic E-state index is 11.8. The first-order chi connectivity index (χ1) is 8.60. The minimum Gasteiger partial charge on any atom is -0.296 e. The van der Waals surface area contributed by atoms with Gasteiger partial charge in [0.15, 0.2) is 5.12 Å². The summed E-state index contributed by atoms with van der Waals surface area (Å²) in [5.41, 5.74) is 0.468. The lowest BCUT2D eigenvalue weighted by Crippen LogP contribution is -2.25. The maximum absolute atomic E-state index is 11.8. The predicted octanol–water partition coefficient (Wildman–Crippen LogP) is 1.34. The zero-order valence-electron chi connectivity index (χ0n) is 9.79. The molecule has 1 unspecified atom stereocenters. The molecule has 18 heavy (non-hydrogen) atoms. The van der Waals surface area contributed by atoms with Crippen LogP contribution in [0, 0.1) is 11.3 Å². The first-order valence-electron chi connectivity index (χ1n) is 5.44. The highest BCUT2D eigenvalue weighted by Gasteiger charge is 2.32. The normalized spacial score (nSPS) is 18.8. The molecule has 2 heterocycles. The van der Waals surface area contributed by atoms with Gasteiger partial charge in [0.1, 0.15) is 5.82 Å². The Hall–Kier alpha value is -1.87. The van der Waals surface area contributed by atoms with Gasteiger partial charge in [-0.3, -0.25) is 14.5 Å². The van der Waals surface area contributed by atoms with E-state index in [1.807, 2.05) is 6.07 Å². The number of hydrogen-bond donors (Lipinski definition) is 0. The van der Waals surface area contributed by atoms with Crippen LogP contribution in [-0.4, -0.2) is 27.8 Å². The number of thioether (sulfide) groups is 1. The molecule has 1 aromatic rings. The number of amides is 1. The van der Waals surface area contributed by atoms with Gasteiger partial charge in [0.2, 0.25) is 5.91 Å². The molecule has 0 aromatic carbocycles. The van der Waals surface area contributed by atoms with Gasteiger partial charge in [0.05, 0.1) is 11.6 Å². The lowest BCUT2D eigenvalue weighted by Gasteiger charge is -2.15. The van der Waals surface area contributed by atoms with Gasteiger partial charge in [-0.1, -0.05) is 11.8 Å². The molecular formula is C12H11N3O2S. The van der Waals surface area contributed by atoms with Gasteiger partial charge in [0.25, 0.3) is 0 Å². The number of nitrogens with zero attached hydrogens (tertiary/aromatic N) is 3. The summed E-state index contributed by atoms with van der Waals surface area (Å²) < 4.78 is 0. The molecule has 0 aliphatic carbocycles. The second kappa shape index (κ2) is 5.19.